The largest absolute Gasteiger partial charge is 0.311 e. The van der Waals surface area contributed by atoms with Crippen molar-refractivity contribution in [3.05, 3.63) is 11.9 Å². The van der Waals surface area contributed by atoms with Crippen LogP contribution in [0.3, 0.4) is 0 Å². The molecular formula is C14H24N4. The van der Waals surface area contributed by atoms with Crippen LogP contribution in [0.25, 0.3) is 0 Å². The second-order valence-corrected chi connectivity index (χ2v) is 6.01. The molecule has 2 fully saturated rings. The lowest BCUT2D eigenvalue weighted by atomic mass is 9.89. The van der Waals surface area contributed by atoms with Crippen LogP contribution in [-0.4, -0.2) is 21.5 Å². The lowest BCUT2D eigenvalue weighted by Crippen LogP contribution is -2.16. The van der Waals surface area contributed by atoms with E-state index in [9.17, 15) is 0 Å². The Morgan fingerprint density at radius 3 is 2.72 bits per heavy atom. The topological polar surface area (TPSA) is 42.7 Å². The molecule has 0 unspecified atom stereocenters. The Bertz CT molecular complexity index is 364. The van der Waals surface area contributed by atoms with E-state index in [0.717, 1.165) is 37.2 Å². The summed E-state index contributed by atoms with van der Waals surface area (Å²) in [5, 5.41) is 12.0. The van der Waals surface area contributed by atoms with Crippen LogP contribution in [0.1, 0.15) is 50.6 Å². The predicted molar refractivity (Wildman–Crippen MR) is 71.0 cm³/mol. The van der Waals surface area contributed by atoms with E-state index in [1.165, 1.54) is 44.9 Å². The molecule has 0 atom stereocenters. The van der Waals surface area contributed by atoms with Crippen LogP contribution >= 0.6 is 0 Å². The number of hydrogen-bond donors (Lipinski definition) is 1. The summed E-state index contributed by atoms with van der Waals surface area (Å²) in [6.45, 7) is 3.09. The van der Waals surface area contributed by atoms with Crippen molar-refractivity contribution in [3.63, 3.8) is 0 Å². The van der Waals surface area contributed by atoms with Gasteiger partial charge in [0.2, 0.25) is 0 Å². The molecule has 0 radical (unpaired) electrons. The maximum absolute atomic E-state index is 4.25. The molecule has 0 aliphatic heterocycles. The Kier molecular flexibility index (Phi) is 3.93. The second-order valence-electron chi connectivity index (χ2n) is 6.01. The van der Waals surface area contributed by atoms with Gasteiger partial charge in [-0.2, -0.15) is 0 Å². The van der Waals surface area contributed by atoms with E-state index in [1.54, 1.807) is 0 Å². The first-order chi connectivity index (χ1) is 8.90. The number of rotatable bonds is 6. The van der Waals surface area contributed by atoms with Crippen molar-refractivity contribution in [1.29, 1.82) is 0 Å². The van der Waals surface area contributed by atoms with E-state index in [1.807, 2.05) is 4.68 Å². The summed E-state index contributed by atoms with van der Waals surface area (Å²) in [4.78, 5) is 0. The Balaban J connectivity index is 1.42. The lowest BCUT2D eigenvalue weighted by Gasteiger charge is -2.20. The second kappa shape index (κ2) is 5.83. The molecule has 2 aliphatic rings. The van der Waals surface area contributed by atoms with Crippen molar-refractivity contribution in [3.8, 4) is 0 Å². The Morgan fingerprint density at radius 2 is 1.94 bits per heavy atom. The summed E-state index contributed by atoms with van der Waals surface area (Å²) in [5.74, 6) is 1.76. The molecule has 1 heterocycles. The molecular weight excluding hydrogens is 224 g/mol. The molecule has 0 saturated heterocycles. The third kappa shape index (κ3) is 3.55. The molecule has 18 heavy (non-hydrogen) atoms. The highest BCUT2D eigenvalue weighted by Crippen LogP contribution is 2.27. The normalized spacial score (nSPS) is 21.3. The van der Waals surface area contributed by atoms with Gasteiger partial charge in [0.1, 0.15) is 0 Å². The summed E-state index contributed by atoms with van der Waals surface area (Å²) in [7, 11) is 0. The van der Waals surface area contributed by atoms with Gasteiger partial charge in [-0.05, 0) is 44.1 Å². The third-order valence-corrected chi connectivity index (χ3v) is 4.19. The molecule has 100 valence electrons. The predicted octanol–water partition coefficient (Wildman–Crippen LogP) is 2.36. The number of hydrogen-bond acceptors (Lipinski definition) is 3. The maximum Gasteiger partial charge on any atom is 0.0964 e. The molecule has 0 bridgehead atoms. The molecule has 1 N–H and O–H groups in total. The fourth-order valence-electron chi connectivity index (χ4n) is 2.87. The maximum atomic E-state index is 4.25. The Hall–Kier alpha value is -0.900. The smallest absolute Gasteiger partial charge is 0.0964 e. The van der Waals surface area contributed by atoms with Crippen LogP contribution in [0.2, 0.25) is 0 Å². The molecule has 0 amide bonds. The van der Waals surface area contributed by atoms with Crippen LogP contribution in [0.15, 0.2) is 6.20 Å². The summed E-state index contributed by atoms with van der Waals surface area (Å²) in [6, 6.07) is 0. The zero-order valence-electron chi connectivity index (χ0n) is 11.1. The number of aromatic nitrogens is 3. The number of nitrogens with zero attached hydrogens (tertiary/aromatic N) is 3. The van der Waals surface area contributed by atoms with Gasteiger partial charge >= 0.3 is 0 Å². The van der Waals surface area contributed by atoms with Gasteiger partial charge in [-0.1, -0.05) is 24.5 Å². The molecule has 1 aromatic heterocycles. The van der Waals surface area contributed by atoms with Crippen molar-refractivity contribution < 1.29 is 0 Å². The van der Waals surface area contributed by atoms with E-state index >= 15 is 0 Å². The van der Waals surface area contributed by atoms with Crippen LogP contribution in [0, 0.1) is 11.8 Å². The average molecular weight is 248 g/mol. The van der Waals surface area contributed by atoms with Gasteiger partial charge in [0.25, 0.3) is 0 Å². The van der Waals surface area contributed by atoms with Gasteiger partial charge in [0.05, 0.1) is 5.69 Å². The minimum absolute atomic E-state index is 0.827. The summed E-state index contributed by atoms with van der Waals surface area (Å²) >= 11 is 0. The molecule has 4 nitrogen and oxygen atoms in total. The van der Waals surface area contributed by atoms with Gasteiger partial charge in [0, 0.05) is 19.3 Å². The van der Waals surface area contributed by atoms with Crippen LogP contribution < -0.4 is 5.32 Å². The quantitative estimate of drug-likeness (QED) is 0.840. The van der Waals surface area contributed by atoms with Crippen molar-refractivity contribution in [2.24, 2.45) is 11.8 Å². The third-order valence-electron chi connectivity index (χ3n) is 4.19. The molecule has 3 rings (SSSR count). The first kappa shape index (κ1) is 12.2. The van der Waals surface area contributed by atoms with Gasteiger partial charge in [-0.3, -0.25) is 4.68 Å². The zero-order valence-corrected chi connectivity index (χ0v) is 11.1. The standard InChI is InChI=1S/C14H24N4/c1-2-4-13(5-3-1)10-18-11-14(16-17-18)9-15-8-12-6-7-12/h11-13,15H,1-10H2. The summed E-state index contributed by atoms with van der Waals surface area (Å²) < 4.78 is 2.05. The number of nitrogens with one attached hydrogen (secondary N) is 1. The minimum Gasteiger partial charge on any atom is -0.311 e. The molecule has 4 heteroatoms. The van der Waals surface area contributed by atoms with Crippen molar-refractivity contribution in [2.45, 2.75) is 58.0 Å². The Labute approximate surface area is 109 Å². The fraction of sp³-hybridized carbons (Fsp3) is 0.857. The summed E-state index contributed by atoms with van der Waals surface area (Å²) in [6.07, 6.45) is 11.9. The van der Waals surface area contributed by atoms with Crippen LogP contribution in [-0.2, 0) is 13.1 Å². The van der Waals surface area contributed by atoms with Crippen LogP contribution in [0.5, 0.6) is 0 Å². The van der Waals surface area contributed by atoms with Gasteiger partial charge in [-0.25, -0.2) is 0 Å². The van der Waals surface area contributed by atoms with Gasteiger partial charge in [0.15, 0.2) is 0 Å². The van der Waals surface area contributed by atoms with Gasteiger partial charge in [-0.15, -0.1) is 5.10 Å². The summed E-state index contributed by atoms with van der Waals surface area (Å²) in [5.41, 5.74) is 1.09. The molecule has 2 aliphatic carbocycles. The minimum atomic E-state index is 0.827. The van der Waals surface area contributed by atoms with Crippen molar-refractivity contribution in [1.82, 2.24) is 20.3 Å². The first-order valence-corrected chi connectivity index (χ1v) is 7.50. The fourth-order valence-corrected chi connectivity index (χ4v) is 2.87. The highest BCUT2D eigenvalue weighted by molar-refractivity contribution is 4.92. The van der Waals surface area contributed by atoms with E-state index < -0.39 is 0 Å². The highest BCUT2D eigenvalue weighted by Gasteiger charge is 2.20. The van der Waals surface area contributed by atoms with Crippen molar-refractivity contribution in [2.75, 3.05) is 6.54 Å². The van der Waals surface area contributed by atoms with E-state index in [-0.39, 0.29) is 0 Å². The lowest BCUT2D eigenvalue weighted by molar-refractivity contribution is 0.305. The van der Waals surface area contributed by atoms with Gasteiger partial charge < -0.3 is 5.32 Å². The monoisotopic (exact) mass is 248 g/mol. The average Bonchev–Trinajstić information content (AvgIpc) is 3.11. The zero-order chi connectivity index (χ0) is 12.2. The van der Waals surface area contributed by atoms with E-state index in [4.69, 9.17) is 0 Å². The van der Waals surface area contributed by atoms with Crippen LogP contribution in [0.4, 0.5) is 0 Å². The first-order valence-electron chi connectivity index (χ1n) is 7.50. The molecule has 1 aromatic rings. The molecule has 0 spiro atoms. The highest BCUT2D eigenvalue weighted by atomic mass is 15.4. The molecule has 2 saturated carbocycles. The van der Waals surface area contributed by atoms with E-state index in [2.05, 4.69) is 21.8 Å². The SMILES string of the molecule is c1c(CNCC2CC2)nnn1CC1CCCCC1. The van der Waals surface area contributed by atoms with Crippen molar-refractivity contribution >= 4 is 0 Å². The molecule has 0 aromatic carbocycles. The van der Waals surface area contributed by atoms with E-state index in [0.29, 0.717) is 0 Å². The Morgan fingerprint density at radius 1 is 1.11 bits per heavy atom.